The summed E-state index contributed by atoms with van der Waals surface area (Å²) in [5.74, 6) is 0.178. The van der Waals surface area contributed by atoms with Crippen LogP contribution in [0.4, 0.5) is 0 Å². The lowest BCUT2D eigenvalue weighted by Crippen LogP contribution is -2.50. The van der Waals surface area contributed by atoms with E-state index in [4.69, 9.17) is 0 Å². The van der Waals surface area contributed by atoms with Crippen LogP contribution in [0.1, 0.15) is 49.4 Å². The second-order valence-corrected chi connectivity index (χ2v) is 9.75. The molecule has 0 aliphatic carbocycles. The predicted molar refractivity (Wildman–Crippen MR) is 94.0 cm³/mol. The predicted octanol–water partition coefficient (Wildman–Crippen LogP) is 4.41. The minimum Gasteiger partial charge on any atom is -0.335 e. The summed E-state index contributed by atoms with van der Waals surface area (Å²) >= 11 is 8.56. The van der Waals surface area contributed by atoms with Crippen LogP contribution in [-0.4, -0.2) is 35.5 Å². The smallest absolute Gasteiger partial charge is 0.256 e. The minimum absolute atomic E-state index is 0.178. The summed E-state index contributed by atoms with van der Waals surface area (Å²) in [5, 5.41) is 3.66. The summed E-state index contributed by atoms with van der Waals surface area (Å²) in [6, 6.07) is 3.55. The molecule has 116 valence electrons. The van der Waals surface area contributed by atoms with Crippen LogP contribution in [0.2, 0.25) is 0 Å². The molecule has 2 fully saturated rings. The van der Waals surface area contributed by atoms with Gasteiger partial charge >= 0.3 is 0 Å². The zero-order valence-electron chi connectivity index (χ0n) is 12.1. The van der Waals surface area contributed by atoms with Crippen molar-refractivity contribution in [2.45, 2.75) is 57.2 Å². The number of halogens is 2. The zero-order chi connectivity index (χ0) is 15.0. The molecule has 2 atom stereocenters. The first-order valence-corrected chi connectivity index (χ1v) is 10.0. The summed E-state index contributed by atoms with van der Waals surface area (Å²) in [4.78, 5) is 15.1. The summed E-state index contributed by atoms with van der Waals surface area (Å²) < 4.78 is 1.93. The van der Waals surface area contributed by atoms with Crippen molar-refractivity contribution < 1.29 is 4.79 Å². The number of hydrogen-bond donors (Lipinski definition) is 1. The Hall–Kier alpha value is 0.0900. The van der Waals surface area contributed by atoms with E-state index in [-0.39, 0.29) is 5.91 Å². The van der Waals surface area contributed by atoms with E-state index in [1.54, 1.807) is 11.3 Å². The number of rotatable bonds is 4. The average Bonchev–Trinajstić information content (AvgIpc) is 2.97. The first-order valence-electron chi connectivity index (χ1n) is 7.60. The molecular weight excluding hydrogens is 416 g/mol. The molecular formula is C15H20Br2N2OS. The quantitative estimate of drug-likeness (QED) is 0.759. The Morgan fingerprint density at radius 3 is 2.57 bits per heavy atom. The van der Waals surface area contributed by atoms with Crippen molar-refractivity contribution in [1.29, 1.82) is 0 Å². The number of nitrogens with one attached hydrogen (secondary N) is 1. The van der Waals surface area contributed by atoms with Gasteiger partial charge in [-0.15, -0.1) is 11.3 Å². The number of piperidine rings is 1. The van der Waals surface area contributed by atoms with E-state index in [2.05, 4.69) is 49.0 Å². The Balaban J connectivity index is 1.80. The molecule has 2 aliphatic heterocycles. The maximum atomic E-state index is 13.0. The van der Waals surface area contributed by atoms with Crippen LogP contribution in [0.3, 0.4) is 0 Å². The van der Waals surface area contributed by atoms with Gasteiger partial charge in [0.2, 0.25) is 0 Å². The van der Waals surface area contributed by atoms with Gasteiger partial charge < -0.3 is 10.2 Å². The Kier molecular flexibility index (Phi) is 5.08. The number of carbonyl (C=O) groups is 1. The van der Waals surface area contributed by atoms with Gasteiger partial charge in [-0.2, -0.15) is 0 Å². The Bertz CT molecular complexity index is 522. The molecule has 1 N–H and O–H groups in total. The van der Waals surface area contributed by atoms with Crippen LogP contribution in [0.5, 0.6) is 0 Å². The van der Waals surface area contributed by atoms with Gasteiger partial charge in [0.25, 0.3) is 5.91 Å². The molecule has 2 saturated heterocycles. The highest BCUT2D eigenvalue weighted by atomic mass is 79.9. The molecule has 3 nitrogen and oxygen atoms in total. The molecule has 1 aromatic rings. The molecule has 0 spiro atoms. The largest absolute Gasteiger partial charge is 0.335 e. The maximum Gasteiger partial charge on any atom is 0.256 e. The molecule has 3 rings (SSSR count). The topological polar surface area (TPSA) is 32.3 Å². The second-order valence-electron chi connectivity index (χ2n) is 6.00. The SMILES string of the molecule is CCCN(C(=O)c1cc(Br)sc1Br)C1CC2CCC(C1)N2. The van der Waals surface area contributed by atoms with E-state index in [0.717, 1.165) is 38.9 Å². The summed E-state index contributed by atoms with van der Waals surface area (Å²) in [6.45, 7) is 3.00. The standard InChI is InChI=1S/C15H20Br2N2OS/c1-2-5-19(11-6-9-3-4-10(7-11)18-9)15(20)12-8-13(16)21-14(12)17/h8-11,18H,2-7H2,1H3. The number of fused-ring (bicyclic) bond motifs is 2. The molecule has 1 aromatic heterocycles. The van der Waals surface area contributed by atoms with E-state index in [9.17, 15) is 4.79 Å². The van der Waals surface area contributed by atoms with Crippen LogP contribution < -0.4 is 5.32 Å². The maximum absolute atomic E-state index is 13.0. The highest BCUT2D eigenvalue weighted by molar-refractivity contribution is 9.12. The number of hydrogen-bond acceptors (Lipinski definition) is 3. The van der Waals surface area contributed by atoms with Crippen molar-refractivity contribution in [1.82, 2.24) is 10.2 Å². The lowest BCUT2D eigenvalue weighted by molar-refractivity contribution is 0.0616. The van der Waals surface area contributed by atoms with Crippen molar-refractivity contribution in [3.05, 3.63) is 19.2 Å². The van der Waals surface area contributed by atoms with Gasteiger partial charge in [0.05, 0.1) is 13.1 Å². The van der Waals surface area contributed by atoms with Crippen molar-refractivity contribution >= 4 is 49.1 Å². The van der Waals surface area contributed by atoms with E-state index < -0.39 is 0 Å². The van der Waals surface area contributed by atoms with Crippen molar-refractivity contribution in [2.75, 3.05) is 6.54 Å². The summed E-state index contributed by atoms with van der Waals surface area (Å²) in [7, 11) is 0. The van der Waals surface area contributed by atoms with Crippen molar-refractivity contribution in [3.63, 3.8) is 0 Å². The van der Waals surface area contributed by atoms with E-state index in [1.165, 1.54) is 12.8 Å². The molecule has 2 unspecified atom stereocenters. The highest BCUT2D eigenvalue weighted by Crippen LogP contribution is 2.35. The van der Waals surface area contributed by atoms with E-state index >= 15 is 0 Å². The van der Waals surface area contributed by atoms with Crippen LogP contribution in [-0.2, 0) is 0 Å². The van der Waals surface area contributed by atoms with Gasteiger partial charge in [0.1, 0.15) is 0 Å². The number of carbonyl (C=O) groups excluding carboxylic acids is 1. The lowest BCUT2D eigenvalue weighted by atomic mass is 9.97. The molecule has 2 aliphatic rings. The normalized spacial score (nSPS) is 27.9. The fourth-order valence-electron chi connectivity index (χ4n) is 3.61. The highest BCUT2D eigenvalue weighted by Gasteiger charge is 2.38. The summed E-state index contributed by atoms with van der Waals surface area (Å²) in [5.41, 5.74) is 0.797. The van der Waals surface area contributed by atoms with Gasteiger partial charge in [-0.25, -0.2) is 0 Å². The lowest BCUT2D eigenvalue weighted by Gasteiger charge is -2.37. The van der Waals surface area contributed by atoms with Gasteiger partial charge in [0.15, 0.2) is 0 Å². The molecule has 3 heterocycles. The molecule has 6 heteroatoms. The fourth-order valence-corrected chi connectivity index (χ4v) is 6.39. The van der Waals surface area contributed by atoms with Gasteiger partial charge in [-0.05, 0) is 70.0 Å². The first kappa shape index (κ1) is 16.0. The van der Waals surface area contributed by atoms with E-state index in [1.807, 2.05) is 6.07 Å². The third-order valence-corrected chi connectivity index (χ3v) is 6.84. The number of amides is 1. The van der Waals surface area contributed by atoms with E-state index in [0.29, 0.717) is 18.1 Å². The minimum atomic E-state index is 0.178. The van der Waals surface area contributed by atoms with Gasteiger partial charge in [0, 0.05) is 24.7 Å². The van der Waals surface area contributed by atoms with Crippen LogP contribution in [0, 0.1) is 0 Å². The van der Waals surface area contributed by atoms with Gasteiger partial charge in [-0.3, -0.25) is 4.79 Å². The molecule has 0 saturated carbocycles. The Labute approximate surface area is 146 Å². The second kappa shape index (κ2) is 6.69. The molecule has 0 radical (unpaired) electrons. The zero-order valence-corrected chi connectivity index (χ0v) is 16.1. The third-order valence-electron chi connectivity index (χ3n) is 4.50. The number of thiophene rings is 1. The number of nitrogens with zero attached hydrogens (tertiary/aromatic N) is 1. The molecule has 2 bridgehead atoms. The molecule has 1 amide bonds. The average molecular weight is 436 g/mol. The third kappa shape index (κ3) is 3.38. The Morgan fingerprint density at radius 1 is 1.38 bits per heavy atom. The fraction of sp³-hybridized carbons (Fsp3) is 0.667. The Morgan fingerprint density at radius 2 is 2.05 bits per heavy atom. The van der Waals surface area contributed by atoms with Crippen LogP contribution >= 0.6 is 43.2 Å². The summed E-state index contributed by atoms with van der Waals surface area (Å²) in [6.07, 6.45) is 5.75. The van der Waals surface area contributed by atoms with Crippen molar-refractivity contribution in [2.24, 2.45) is 0 Å². The van der Waals surface area contributed by atoms with Crippen molar-refractivity contribution in [3.8, 4) is 0 Å². The van der Waals surface area contributed by atoms with Gasteiger partial charge in [-0.1, -0.05) is 6.92 Å². The molecule has 21 heavy (non-hydrogen) atoms. The first-order chi connectivity index (χ1) is 10.1. The van der Waals surface area contributed by atoms with Crippen LogP contribution in [0.15, 0.2) is 13.6 Å². The van der Waals surface area contributed by atoms with Crippen LogP contribution in [0.25, 0.3) is 0 Å². The molecule has 0 aromatic carbocycles. The monoisotopic (exact) mass is 434 g/mol.